The van der Waals surface area contributed by atoms with Crippen molar-refractivity contribution >= 4 is 17.2 Å². The smallest absolute Gasteiger partial charge is 0.0774 e. The summed E-state index contributed by atoms with van der Waals surface area (Å²) in [6.07, 6.45) is 5.93. The molecule has 1 rings (SSSR count). The number of aliphatic hydroxyl groups is 1. The molecule has 0 aromatic heterocycles. The van der Waals surface area contributed by atoms with Gasteiger partial charge in [-0.1, -0.05) is 32.0 Å². The fraction of sp³-hybridized carbons (Fsp3) is 0.917. The van der Waals surface area contributed by atoms with Gasteiger partial charge in [0.15, 0.2) is 0 Å². The van der Waals surface area contributed by atoms with E-state index in [1.807, 2.05) is 0 Å². The Hall–Kier alpha value is -0.190. The second kappa shape index (κ2) is 5.94. The van der Waals surface area contributed by atoms with E-state index in [-0.39, 0.29) is 0 Å². The molecule has 1 atom stereocenters. The zero-order valence-corrected chi connectivity index (χ0v) is 11.2. The molecular weight excluding hydrogens is 220 g/mol. The highest BCUT2D eigenvalue weighted by Gasteiger charge is 2.33. The lowest BCUT2D eigenvalue weighted by molar-refractivity contribution is 0.00560. The van der Waals surface area contributed by atoms with Gasteiger partial charge in [-0.05, 0) is 26.3 Å². The minimum atomic E-state index is -0.474. The highest BCUT2D eigenvalue weighted by Crippen LogP contribution is 2.30. The van der Waals surface area contributed by atoms with Gasteiger partial charge in [-0.15, -0.1) is 0 Å². The van der Waals surface area contributed by atoms with E-state index in [0.29, 0.717) is 11.0 Å². The largest absolute Gasteiger partial charge is 0.393 e. The molecule has 0 radical (unpaired) electrons. The van der Waals surface area contributed by atoms with E-state index >= 15 is 0 Å². The van der Waals surface area contributed by atoms with Crippen molar-refractivity contribution in [3.63, 3.8) is 0 Å². The van der Waals surface area contributed by atoms with Gasteiger partial charge in [-0.2, -0.15) is 0 Å². The lowest BCUT2D eigenvalue weighted by atomic mass is 10.00. The molecule has 1 unspecified atom stereocenters. The summed E-state index contributed by atoms with van der Waals surface area (Å²) in [7, 11) is 2.06. The SMILES string of the molecule is CCC(CC(N)=S)N(C)CC1(O)CCCC1. The Labute approximate surface area is 104 Å². The van der Waals surface area contributed by atoms with Crippen LogP contribution in [-0.4, -0.2) is 40.2 Å². The molecule has 0 saturated heterocycles. The Morgan fingerprint density at radius 3 is 2.50 bits per heavy atom. The predicted molar refractivity (Wildman–Crippen MR) is 71.5 cm³/mol. The van der Waals surface area contributed by atoms with Crippen LogP contribution in [-0.2, 0) is 0 Å². The normalized spacial score (nSPS) is 21.2. The van der Waals surface area contributed by atoms with E-state index < -0.39 is 5.60 Å². The molecule has 0 aromatic rings. The molecule has 1 aliphatic rings. The fourth-order valence-electron chi connectivity index (χ4n) is 2.63. The summed E-state index contributed by atoms with van der Waals surface area (Å²) in [6.45, 7) is 2.88. The van der Waals surface area contributed by atoms with Crippen LogP contribution >= 0.6 is 12.2 Å². The van der Waals surface area contributed by atoms with Crippen LogP contribution in [0.25, 0.3) is 0 Å². The van der Waals surface area contributed by atoms with Crippen molar-refractivity contribution in [2.24, 2.45) is 5.73 Å². The Morgan fingerprint density at radius 1 is 1.50 bits per heavy atom. The summed E-state index contributed by atoms with van der Waals surface area (Å²) in [5, 5.41) is 10.3. The summed E-state index contributed by atoms with van der Waals surface area (Å²) >= 11 is 4.96. The number of thiocarbonyl (C=S) groups is 1. The second-order valence-corrected chi connectivity index (χ2v) is 5.60. The lowest BCUT2D eigenvalue weighted by Gasteiger charge is -2.33. The van der Waals surface area contributed by atoms with Crippen molar-refractivity contribution in [3.8, 4) is 0 Å². The third kappa shape index (κ3) is 4.00. The summed E-state index contributed by atoms with van der Waals surface area (Å²) in [4.78, 5) is 2.78. The van der Waals surface area contributed by atoms with Crippen molar-refractivity contribution in [2.75, 3.05) is 13.6 Å². The molecule has 1 saturated carbocycles. The fourth-order valence-corrected chi connectivity index (χ4v) is 2.82. The van der Waals surface area contributed by atoms with Crippen molar-refractivity contribution < 1.29 is 5.11 Å². The molecule has 4 heteroatoms. The van der Waals surface area contributed by atoms with E-state index in [0.717, 1.165) is 45.1 Å². The first kappa shape index (κ1) is 13.9. The first-order chi connectivity index (χ1) is 7.47. The Morgan fingerprint density at radius 2 is 2.06 bits per heavy atom. The van der Waals surface area contributed by atoms with Crippen LogP contribution in [0.3, 0.4) is 0 Å². The Bertz CT molecular complexity index is 239. The third-order valence-corrected chi connectivity index (χ3v) is 3.78. The van der Waals surface area contributed by atoms with Gasteiger partial charge in [0.25, 0.3) is 0 Å². The summed E-state index contributed by atoms with van der Waals surface area (Å²) in [6, 6.07) is 0.363. The topological polar surface area (TPSA) is 49.5 Å². The van der Waals surface area contributed by atoms with Crippen LogP contribution in [0.2, 0.25) is 0 Å². The van der Waals surface area contributed by atoms with E-state index in [2.05, 4.69) is 18.9 Å². The maximum Gasteiger partial charge on any atom is 0.0774 e. The molecule has 3 N–H and O–H groups in total. The average molecular weight is 244 g/mol. The van der Waals surface area contributed by atoms with E-state index in [4.69, 9.17) is 18.0 Å². The van der Waals surface area contributed by atoms with E-state index in [1.165, 1.54) is 0 Å². The molecule has 0 heterocycles. The molecule has 0 spiro atoms. The van der Waals surface area contributed by atoms with Crippen molar-refractivity contribution in [1.29, 1.82) is 0 Å². The van der Waals surface area contributed by atoms with Gasteiger partial charge in [0.1, 0.15) is 0 Å². The van der Waals surface area contributed by atoms with Gasteiger partial charge >= 0.3 is 0 Å². The van der Waals surface area contributed by atoms with E-state index in [1.54, 1.807) is 0 Å². The third-order valence-electron chi connectivity index (χ3n) is 3.61. The van der Waals surface area contributed by atoms with Crippen LogP contribution in [0.15, 0.2) is 0 Å². The van der Waals surface area contributed by atoms with Crippen LogP contribution < -0.4 is 5.73 Å². The quantitative estimate of drug-likeness (QED) is 0.698. The maximum atomic E-state index is 10.3. The van der Waals surface area contributed by atoms with Crippen molar-refractivity contribution in [3.05, 3.63) is 0 Å². The molecule has 0 aromatic carbocycles. The van der Waals surface area contributed by atoms with Crippen LogP contribution in [0.4, 0.5) is 0 Å². The van der Waals surface area contributed by atoms with Crippen LogP contribution in [0.1, 0.15) is 45.4 Å². The standard InChI is InChI=1S/C12H24N2OS/c1-3-10(8-11(13)16)14(2)9-12(15)6-4-5-7-12/h10,15H,3-9H2,1-2H3,(H2,13,16). The molecule has 0 aliphatic heterocycles. The molecule has 16 heavy (non-hydrogen) atoms. The van der Waals surface area contributed by atoms with Crippen LogP contribution in [0.5, 0.6) is 0 Å². The first-order valence-electron chi connectivity index (χ1n) is 6.18. The lowest BCUT2D eigenvalue weighted by Crippen LogP contribution is -2.44. The number of nitrogens with zero attached hydrogens (tertiary/aromatic N) is 1. The highest BCUT2D eigenvalue weighted by molar-refractivity contribution is 7.80. The molecule has 1 fully saturated rings. The minimum Gasteiger partial charge on any atom is -0.393 e. The number of likely N-dealkylation sites (N-methyl/N-ethyl adjacent to an activating group) is 1. The van der Waals surface area contributed by atoms with E-state index in [9.17, 15) is 5.11 Å². The van der Waals surface area contributed by atoms with Gasteiger partial charge < -0.3 is 15.7 Å². The Kier molecular flexibility index (Phi) is 5.15. The highest BCUT2D eigenvalue weighted by atomic mass is 32.1. The van der Waals surface area contributed by atoms with Crippen molar-refractivity contribution in [1.82, 2.24) is 4.90 Å². The zero-order valence-electron chi connectivity index (χ0n) is 10.4. The minimum absolute atomic E-state index is 0.363. The summed E-state index contributed by atoms with van der Waals surface area (Å²) < 4.78 is 0. The second-order valence-electron chi connectivity index (χ2n) is 5.08. The average Bonchev–Trinajstić information content (AvgIpc) is 2.60. The molecule has 0 amide bonds. The zero-order chi connectivity index (χ0) is 12.2. The molecular formula is C12H24N2OS. The number of nitrogens with two attached hydrogens (primary N) is 1. The molecule has 1 aliphatic carbocycles. The van der Waals surface area contributed by atoms with Crippen molar-refractivity contribution in [2.45, 2.75) is 57.1 Å². The van der Waals surface area contributed by atoms with Crippen LogP contribution in [0, 0.1) is 0 Å². The number of rotatable bonds is 6. The number of hydrogen-bond donors (Lipinski definition) is 2. The molecule has 0 bridgehead atoms. The first-order valence-corrected chi connectivity index (χ1v) is 6.58. The molecule has 3 nitrogen and oxygen atoms in total. The summed E-state index contributed by atoms with van der Waals surface area (Å²) in [5.74, 6) is 0. The number of hydrogen-bond acceptors (Lipinski definition) is 3. The monoisotopic (exact) mass is 244 g/mol. The van der Waals surface area contributed by atoms with Gasteiger partial charge in [-0.25, -0.2) is 0 Å². The van der Waals surface area contributed by atoms with Gasteiger partial charge in [0.2, 0.25) is 0 Å². The summed E-state index contributed by atoms with van der Waals surface area (Å²) in [5.41, 5.74) is 5.12. The Balaban J connectivity index is 2.48. The van der Waals surface area contributed by atoms with Gasteiger partial charge in [0.05, 0.1) is 10.6 Å². The maximum absolute atomic E-state index is 10.3. The predicted octanol–water partition coefficient (Wildman–Crippen LogP) is 1.68. The van der Waals surface area contributed by atoms with Gasteiger partial charge in [0, 0.05) is 19.0 Å². The molecule has 94 valence electrons. The van der Waals surface area contributed by atoms with Gasteiger partial charge in [-0.3, -0.25) is 0 Å².